The summed E-state index contributed by atoms with van der Waals surface area (Å²) in [7, 11) is 0. The van der Waals surface area contributed by atoms with Gasteiger partial charge in [-0.15, -0.1) is 11.3 Å². The minimum atomic E-state index is 0.0968. The highest BCUT2D eigenvalue weighted by molar-refractivity contribution is 7.13. The van der Waals surface area contributed by atoms with Crippen molar-refractivity contribution in [3.05, 3.63) is 71.5 Å². The fourth-order valence-electron chi connectivity index (χ4n) is 3.03. The van der Waals surface area contributed by atoms with Crippen molar-refractivity contribution >= 4 is 17.2 Å². The molecule has 1 fully saturated rings. The largest absolute Gasteiger partial charge is 0.355 e. The standard InChI is InChI=1S/C20H19N3OS/c24-19(18-11-17(18)15-7-4-9-21-12-15)22-10-8-16-13-25-20(23-16)14-5-2-1-3-6-14/h1-7,9,12-13,17-18H,8,10-11H2,(H,22,24). The molecule has 0 bridgehead atoms. The van der Waals surface area contributed by atoms with Gasteiger partial charge in [0, 0.05) is 42.2 Å². The van der Waals surface area contributed by atoms with E-state index in [9.17, 15) is 4.79 Å². The lowest BCUT2D eigenvalue weighted by Crippen LogP contribution is -2.27. The summed E-state index contributed by atoms with van der Waals surface area (Å²) in [5, 5.41) is 6.15. The van der Waals surface area contributed by atoms with E-state index in [1.165, 1.54) is 0 Å². The van der Waals surface area contributed by atoms with Crippen molar-refractivity contribution in [3.8, 4) is 10.6 Å². The summed E-state index contributed by atoms with van der Waals surface area (Å²) in [6, 6.07) is 14.1. The highest BCUT2D eigenvalue weighted by Gasteiger charge is 2.43. The van der Waals surface area contributed by atoms with Crippen LogP contribution in [0.1, 0.15) is 23.6 Å². The van der Waals surface area contributed by atoms with Gasteiger partial charge in [-0.3, -0.25) is 9.78 Å². The summed E-state index contributed by atoms with van der Waals surface area (Å²) in [5.41, 5.74) is 3.33. The van der Waals surface area contributed by atoms with Gasteiger partial charge in [0.15, 0.2) is 0 Å². The van der Waals surface area contributed by atoms with E-state index < -0.39 is 0 Å². The Hall–Kier alpha value is -2.53. The second kappa shape index (κ2) is 7.15. The van der Waals surface area contributed by atoms with Crippen LogP contribution in [0, 0.1) is 5.92 Å². The zero-order valence-corrected chi connectivity index (χ0v) is 14.6. The number of nitrogens with one attached hydrogen (secondary N) is 1. The molecule has 2 aromatic heterocycles. The number of nitrogens with zero attached hydrogens (tertiary/aromatic N) is 2. The molecule has 0 aliphatic heterocycles. The van der Waals surface area contributed by atoms with Gasteiger partial charge in [0.2, 0.25) is 5.91 Å². The number of amides is 1. The molecule has 1 N–H and O–H groups in total. The van der Waals surface area contributed by atoms with E-state index in [-0.39, 0.29) is 11.8 Å². The van der Waals surface area contributed by atoms with Crippen molar-refractivity contribution in [2.45, 2.75) is 18.8 Å². The van der Waals surface area contributed by atoms with Gasteiger partial charge in [0.25, 0.3) is 0 Å². The molecular weight excluding hydrogens is 330 g/mol. The van der Waals surface area contributed by atoms with Crippen LogP contribution in [0.3, 0.4) is 0 Å². The minimum Gasteiger partial charge on any atom is -0.355 e. The molecule has 0 spiro atoms. The molecule has 126 valence electrons. The number of hydrogen-bond donors (Lipinski definition) is 1. The lowest BCUT2D eigenvalue weighted by molar-refractivity contribution is -0.122. The van der Waals surface area contributed by atoms with Crippen LogP contribution in [-0.4, -0.2) is 22.4 Å². The van der Waals surface area contributed by atoms with Gasteiger partial charge in [-0.25, -0.2) is 4.98 Å². The maximum Gasteiger partial charge on any atom is 0.223 e. The first-order chi connectivity index (χ1) is 12.3. The molecule has 3 aromatic rings. The summed E-state index contributed by atoms with van der Waals surface area (Å²) < 4.78 is 0. The Bertz CT molecular complexity index is 848. The lowest BCUT2D eigenvalue weighted by Gasteiger charge is -2.04. The van der Waals surface area contributed by atoms with E-state index in [2.05, 4.69) is 32.8 Å². The van der Waals surface area contributed by atoms with Gasteiger partial charge < -0.3 is 5.32 Å². The van der Waals surface area contributed by atoms with E-state index in [0.29, 0.717) is 12.5 Å². The highest BCUT2D eigenvalue weighted by atomic mass is 32.1. The van der Waals surface area contributed by atoms with Crippen molar-refractivity contribution < 1.29 is 4.79 Å². The third-order valence-electron chi connectivity index (χ3n) is 4.49. The molecule has 1 aromatic carbocycles. The van der Waals surface area contributed by atoms with E-state index in [0.717, 1.165) is 34.7 Å². The number of carbonyl (C=O) groups is 1. The summed E-state index contributed by atoms with van der Waals surface area (Å²) in [6.07, 6.45) is 5.31. The first-order valence-electron chi connectivity index (χ1n) is 8.49. The number of pyridine rings is 1. The van der Waals surface area contributed by atoms with Crippen LogP contribution in [0.5, 0.6) is 0 Å². The Morgan fingerprint density at radius 2 is 2.08 bits per heavy atom. The first kappa shape index (κ1) is 16.0. The minimum absolute atomic E-state index is 0.0968. The van der Waals surface area contributed by atoms with E-state index >= 15 is 0 Å². The maximum absolute atomic E-state index is 12.3. The average Bonchev–Trinajstić information content (AvgIpc) is 3.34. The Morgan fingerprint density at radius 1 is 1.20 bits per heavy atom. The quantitative estimate of drug-likeness (QED) is 0.739. The molecule has 0 saturated heterocycles. The van der Waals surface area contributed by atoms with Crippen molar-refractivity contribution in [2.75, 3.05) is 6.54 Å². The molecular formula is C20H19N3OS. The SMILES string of the molecule is O=C(NCCc1csc(-c2ccccc2)n1)C1CC1c1cccnc1. The van der Waals surface area contributed by atoms with Crippen molar-refractivity contribution in [1.29, 1.82) is 0 Å². The maximum atomic E-state index is 12.3. The number of benzene rings is 1. The van der Waals surface area contributed by atoms with E-state index in [1.54, 1.807) is 17.5 Å². The summed E-state index contributed by atoms with van der Waals surface area (Å²) in [4.78, 5) is 21.0. The fraction of sp³-hybridized carbons (Fsp3) is 0.250. The topological polar surface area (TPSA) is 54.9 Å². The van der Waals surface area contributed by atoms with Gasteiger partial charge >= 0.3 is 0 Å². The first-order valence-corrected chi connectivity index (χ1v) is 9.36. The molecule has 4 rings (SSSR count). The van der Waals surface area contributed by atoms with Crippen LogP contribution >= 0.6 is 11.3 Å². The van der Waals surface area contributed by atoms with Crippen molar-refractivity contribution in [1.82, 2.24) is 15.3 Å². The second-order valence-corrected chi connectivity index (χ2v) is 7.14. The number of hydrogen-bond acceptors (Lipinski definition) is 4. The Labute approximate surface area is 151 Å². The zero-order valence-electron chi connectivity index (χ0n) is 13.8. The molecule has 2 heterocycles. The van der Waals surface area contributed by atoms with Gasteiger partial charge in [-0.2, -0.15) is 0 Å². The van der Waals surface area contributed by atoms with Crippen LogP contribution in [0.25, 0.3) is 10.6 Å². The third-order valence-corrected chi connectivity index (χ3v) is 5.43. The summed E-state index contributed by atoms with van der Waals surface area (Å²) in [5.74, 6) is 0.574. The Balaban J connectivity index is 1.26. The lowest BCUT2D eigenvalue weighted by atomic mass is 10.1. The summed E-state index contributed by atoms with van der Waals surface area (Å²) >= 11 is 1.65. The zero-order chi connectivity index (χ0) is 17.1. The smallest absolute Gasteiger partial charge is 0.223 e. The van der Waals surface area contributed by atoms with Crippen LogP contribution < -0.4 is 5.32 Å². The normalized spacial score (nSPS) is 18.7. The highest BCUT2D eigenvalue weighted by Crippen LogP contribution is 2.47. The van der Waals surface area contributed by atoms with Crippen LogP contribution in [0.4, 0.5) is 0 Å². The Kier molecular flexibility index (Phi) is 4.57. The molecule has 1 aliphatic carbocycles. The van der Waals surface area contributed by atoms with E-state index in [1.807, 2.05) is 36.5 Å². The molecule has 4 nitrogen and oxygen atoms in total. The van der Waals surface area contributed by atoms with Crippen molar-refractivity contribution in [2.24, 2.45) is 5.92 Å². The van der Waals surface area contributed by atoms with Crippen molar-refractivity contribution in [3.63, 3.8) is 0 Å². The molecule has 5 heteroatoms. The molecule has 2 atom stereocenters. The van der Waals surface area contributed by atoms with E-state index in [4.69, 9.17) is 0 Å². The number of thiazole rings is 1. The molecule has 1 amide bonds. The van der Waals surface area contributed by atoms with Crippen LogP contribution in [0.15, 0.2) is 60.2 Å². The number of aromatic nitrogens is 2. The van der Waals surface area contributed by atoms with Gasteiger partial charge in [-0.1, -0.05) is 36.4 Å². The number of rotatable bonds is 6. The van der Waals surface area contributed by atoms with Gasteiger partial charge in [0.05, 0.1) is 5.69 Å². The Morgan fingerprint density at radius 3 is 2.88 bits per heavy atom. The molecule has 2 unspecified atom stereocenters. The van der Waals surface area contributed by atoms with Crippen LogP contribution in [-0.2, 0) is 11.2 Å². The summed E-state index contributed by atoms with van der Waals surface area (Å²) in [6.45, 7) is 0.632. The van der Waals surface area contributed by atoms with Gasteiger partial charge in [0.1, 0.15) is 5.01 Å². The second-order valence-electron chi connectivity index (χ2n) is 6.29. The predicted molar refractivity (Wildman–Crippen MR) is 99.3 cm³/mol. The molecule has 0 radical (unpaired) electrons. The average molecular weight is 349 g/mol. The monoisotopic (exact) mass is 349 g/mol. The molecule has 1 saturated carbocycles. The predicted octanol–water partition coefficient (Wildman–Crippen LogP) is 3.67. The third kappa shape index (κ3) is 3.77. The number of carbonyl (C=O) groups excluding carboxylic acids is 1. The van der Waals surface area contributed by atoms with Gasteiger partial charge in [-0.05, 0) is 24.0 Å². The molecule has 1 aliphatic rings. The molecule has 25 heavy (non-hydrogen) atoms. The fourth-order valence-corrected chi connectivity index (χ4v) is 3.89. The van der Waals surface area contributed by atoms with Crippen LogP contribution in [0.2, 0.25) is 0 Å².